The van der Waals surface area contributed by atoms with E-state index in [1.54, 1.807) is 0 Å². The molecule has 3 aliphatic heterocycles. The third-order valence-electron chi connectivity index (χ3n) is 5.73. The smallest absolute Gasteiger partial charge is 0.161 e. The van der Waals surface area contributed by atoms with E-state index in [4.69, 9.17) is 9.47 Å². The van der Waals surface area contributed by atoms with Crippen molar-refractivity contribution in [3.63, 3.8) is 0 Å². The van der Waals surface area contributed by atoms with E-state index in [2.05, 4.69) is 27.0 Å². The number of likely N-dealkylation sites (tertiary alicyclic amines) is 1. The second-order valence-corrected chi connectivity index (χ2v) is 7.54. The lowest BCUT2D eigenvalue weighted by atomic mass is 9.85. The number of hydrogen-bond donors (Lipinski definition) is 2. The van der Waals surface area contributed by atoms with Gasteiger partial charge in [-0.3, -0.25) is 20.4 Å². The highest BCUT2D eigenvalue weighted by Gasteiger charge is 2.45. The quantitative estimate of drug-likeness (QED) is 0.854. The summed E-state index contributed by atoms with van der Waals surface area (Å²) in [7, 11) is 1.97. The molecule has 5 rings (SSSR count). The van der Waals surface area contributed by atoms with Gasteiger partial charge in [0, 0.05) is 50.4 Å². The molecule has 0 saturated carbocycles. The first-order valence-electron chi connectivity index (χ1n) is 9.36. The summed E-state index contributed by atoms with van der Waals surface area (Å²) in [5.74, 6) is 2.18. The summed E-state index contributed by atoms with van der Waals surface area (Å²) in [5, 5.41) is 4.29. The van der Waals surface area contributed by atoms with Crippen molar-refractivity contribution < 1.29 is 9.47 Å². The molecular weight excluding hydrogens is 330 g/mol. The Morgan fingerprint density at radius 3 is 2.96 bits per heavy atom. The largest absolute Gasteiger partial charge is 0.486 e. The van der Waals surface area contributed by atoms with Gasteiger partial charge in [0.15, 0.2) is 11.5 Å². The summed E-state index contributed by atoms with van der Waals surface area (Å²) >= 11 is 0. The van der Waals surface area contributed by atoms with E-state index >= 15 is 0 Å². The highest BCUT2D eigenvalue weighted by molar-refractivity contribution is 5.41. The van der Waals surface area contributed by atoms with Crippen LogP contribution in [0.15, 0.2) is 36.7 Å². The van der Waals surface area contributed by atoms with E-state index in [0.29, 0.717) is 18.6 Å². The number of piperidine rings is 1. The van der Waals surface area contributed by atoms with Crippen molar-refractivity contribution in [1.82, 2.24) is 25.5 Å². The zero-order chi connectivity index (χ0) is 17.5. The highest BCUT2D eigenvalue weighted by atomic mass is 16.6. The van der Waals surface area contributed by atoms with Crippen molar-refractivity contribution in [3.8, 4) is 11.5 Å². The van der Waals surface area contributed by atoms with Crippen molar-refractivity contribution in [2.75, 3.05) is 19.7 Å². The Hall–Kier alpha value is -2.09. The number of fused-ring (bicyclic) bond motifs is 2. The van der Waals surface area contributed by atoms with Gasteiger partial charge in [-0.2, -0.15) is 5.10 Å². The molecule has 1 aromatic heterocycles. The second-order valence-electron chi connectivity index (χ2n) is 7.54. The first kappa shape index (κ1) is 16.1. The van der Waals surface area contributed by atoms with Gasteiger partial charge in [0.2, 0.25) is 0 Å². The van der Waals surface area contributed by atoms with E-state index in [9.17, 15) is 0 Å². The molecule has 0 radical (unpaired) electrons. The Morgan fingerprint density at radius 2 is 2.12 bits per heavy atom. The van der Waals surface area contributed by atoms with Gasteiger partial charge < -0.3 is 9.47 Å². The minimum Gasteiger partial charge on any atom is -0.486 e. The molecular formula is C19H25N5O2. The number of para-hydroxylation sites is 2. The predicted molar refractivity (Wildman–Crippen MR) is 96.8 cm³/mol. The number of rotatable bonds is 3. The van der Waals surface area contributed by atoms with Gasteiger partial charge in [0.25, 0.3) is 0 Å². The van der Waals surface area contributed by atoms with Crippen molar-refractivity contribution in [2.45, 2.75) is 31.2 Å². The number of hydrazine groups is 1. The Morgan fingerprint density at radius 1 is 1.23 bits per heavy atom. The highest BCUT2D eigenvalue weighted by Crippen LogP contribution is 2.35. The fraction of sp³-hybridized carbons (Fsp3) is 0.526. The lowest BCUT2D eigenvalue weighted by Gasteiger charge is -2.38. The van der Waals surface area contributed by atoms with Crippen molar-refractivity contribution in [2.24, 2.45) is 13.0 Å². The maximum atomic E-state index is 6.26. The van der Waals surface area contributed by atoms with E-state index in [1.807, 2.05) is 42.2 Å². The van der Waals surface area contributed by atoms with Crippen LogP contribution in [0.25, 0.3) is 0 Å². The van der Waals surface area contributed by atoms with Gasteiger partial charge in [-0.1, -0.05) is 12.1 Å². The molecule has 7 nitrogen and oxygen atoms in total. The summed E-state index contributed by atoms with van der Waals surface area (Å²) < 4.78 is 14.1. The van der Waals surface area contributed by atoms with Crippen LogP contribution >= 0.6 is 0 Å². The Bertz CT molecular complexity index is 779. The van der Waals surface area contributed by atoms with Crippen LogP contribution in [0.1, 0.15) is 12.0 Å². The van der Waals surface area contributed by atoms with Gasteiger partial charge in [0.1, 0.15) is 12.7 Å². The second kappa shape index (κ2) is 6.57. The summed E-state index contributed by atoms with van der Waals surface area (Å²) in [6.45, 7) is 3.69. The third kappa shape index (κ3) is 2.96. The number of aromatic nitrogens is 2. The third-order valence-corrected chi connectivity index (χ3v) is 5.73. The van der Waals surface area contributed by atoms with E-state index in [1.165, 1.54) is 5.56 Å². The van der Waals surface area contributed by atoms with Crippen LogP contribution in [0.4, 0.5) is 0 Å². The number of hydrogen-bond acceptors (Lipinski definition) is 6. The first-order valence-corrected chi connectivity index (χ1v) is 9.36. The van der Waals surface area contributed by atoms with Crippen LogP contribution in [-0.2, 0) is 13.6 Å². The molecule has 2 saturated heterocycles. The standard InChI is InChI=1S/C19H25N5O2/c1-23-9-13(8-20-23)10-24-7-6-15-14(11-24)19(22-21-15)18-12-25-16-4-2-3-5-17(16)26-18/h2-5,8-9,14-15,18-19,21-22H,6-7,10-12H2,1H3. The van der Waals surface area contributed by atoms with E-state index < -0.39 is 0 Å². The molecule has 4 atom stereocenters. The summed E-state index contributed by atoms with van der Waals surface area (Å²) in [6.07, 6.45) is 5.22. The van der Waals surface area contributed by atoms with Crippen LogP contribution in [-0.4, -0.2) is 52.6 Å². The molecule has 7 heteroatoms. The maximum absolute atomic E-state index is 6.26. The molecule has 0 bridgehead atoms. The van der Waals surface area contributed by atoms with Gasteiger partial charge in [-0.25, -0.2) is 0 Å². The van der Waals surface area contributed by atoms with Gasteiger partial charge in [-0.05, 0) is 18.6 Å². The van der Waals surface area contributed by atoms with Crippen molar-refractivity contribution in [3.05, 3.63) is 42.2 Å². The molecule has 2 N–H and O–H groups in total. The number of nitrogens with one attached hydrogen (secondary N) is 2. The van der Waals surface area contributed by atoms with E-state index in [-0.39, 0.29) is 12.1 Å². The minimum atomic E-state index is 0.0192. The zero-order valence-corrected chi connectivity index (χ0v) is 15.0. The molecule has 0 spiro atoms. The Labute approximate surface area is 153 Å². The van der Waals surface area contributed by atoms with Crippen molar-refractivity contribution >= 4 is 0 Å². The first-order chi connectivity index (χ1) is 12.8. The molecule has 2 fully saturated rings. The van der Waals surface area contributed by atoms with Gasteiger partial charge in [-0.15, -0.1) is 0 Å². The number of ether oxygens (including phenoxy) is 2. The molecule has 1 aromatic carbocycles. The predicted octanol–water partition coefficient (Wildman–Crippen LogP) is 0.927. The Balaban J connectivity index is 1.28. The molecule has 3 aliphatic rings. The normalized spacial score (nSPS) is 31.0. The molecule has 4 heterocycles. The molecule has 26 heavy (non-hydrogen) atoms. The van der Waals surface area contributed by atoms with E-state index in [0.717, 1.165) is 37.6 Å². The molecule has 0 amide bonds. The SMILES string of the molecule is Cn1cc(CN2CCC3NNC(C4COc5ccccc5O4)C3C2)cn1. The summed E-state index contributed by atoms with van der Waals surface area (Å²) in [5.41, 5.74) is 8.25. The van der Waals surface area contributed by atoms with Crippen LogP contribution in [0.3, 0.4) is 0 Å². The van der Waals surface area contributed by atoms with Gasteiger partial charge in [0.05, 0.1) is 12.2 Å². The number of nitrogens with zero attached hydrogens (tertiary/aromatic N) is 3. The fourth-order valence-corrected chi connectivity index (χ4v) is 4.44. The van der Waals surface area contributed by atoms with Crippen LogP contribution in [0.5, 0.6) is 11.5 Å². The maximum Gasteiger partial charge on any atom is 0.161 e. The van der Waals surface area contributed by atoms with Gasteiger partial charge >= 0.3 is 0 Å². The fourth-order valence-electron chi connectivity index (χ4n) is 4.44. The van der Waals surface area contributed by atoms with Crippen LogP contribution < -0.4 is 20.3 Å². The van der Waals surface area contributed by atoms with Crippen molar-refractivity contribution in [1.29, 1.82) is 0 Å². The molecule has 138 valence electrons. The monoisotopic (exact) mass is 355 g/mol. The number of aryl methyl sites for hydroxylation is 1. The average Bonchev–Trinajstić information content (AvgIpc) is 3.27. The lowest BCUT2D eigenvalue weighted by Crippen LogP contribution is -2.52. The van der Waals surface area contributed by atoms with Crippen LogP contribution in [0, 0.1) is 5.92 Å². The molecule has 0 aliphatic carbocycles. The Kier molecular flexibility index (Phi) is 4.07. The average molecular weight is 355 g/mol. The lowest BCUT2D eigenvalue weighted by molar-refractivity contribution is 0.0402. The molecule has 2 aromatic rings. The summed E-state index contributed by atoms with van der Waals surface area (Å²) in [6, 6.07) is 8.65. The zero-order valence-electron chi connectivity index (χ0n) is 15.0. The topological polar surface area (TPSA) is 63.6 Å². The molecule has 4 unspecified atom stereocenters. The minimum absolute atomic E-state index is 0.0192. The summed E-state index contributed by atoms with van der Waals surface area (Å²) in [4.78, 5) is 2.53. The van der Waals surface area contributed by atoms with Crippen LogP contribution in [0.2, 0.25) is 0 Å². The number of benzene rings is 1.